The summed E-state index contributed by atoms with van der Waals surface area (Å²) >= 11 is 0. The summed E-state index contributed by atoms with van der Waals surface area (Å²) in [6, 6.07) is 4.93. The Balaban J connectivity index is 0.000000786. The van der Waals surface area contributed by atoms with Crippen LogP contribution in [-0.2, 0) is 113 Å². The van der Waals surface area contributed by atoms with Gasteiger partial charge in [-0.1, -0.05) is 55.5 Å². The Morgan fingerprint density at radius 3 is 2.12 bits per heavy atom. The van der Waals surface area contributed by atoms with Crippen LogP contribution >= 0.6 is 0 Å². The molecule has 8 rings (SSSR count). The summed E-state index contributed by atoms with van der Waals surface area (Å²) in [5.41, 5.74) is 29.0. The number of rotatable bonds is 51. The first-order chi connectivity index (χ1) is 59.3. The van der Waals surface area contributed by atoms with Crippen molar-refractivity contribution in [1.29, 1.82) is 0 Å². The van der Waals surface area contributed by atoms with Crippen molar-refractivity contribution in [3.05, 3.63) is 112 Å². The van der Waals surface area contributed by atoms with E-state index in [4.69, 9.17) is 65.4 Å². The summed E-state index contributed by atoms with van der Waals surface area (Å²) in [6.07, 6.45) is 7.31. The molecular formula is C81H113FN20O21. The number of halogens is 1. The Morgan fingerprint density at radius 1 is 0.724 bits per heavy atom. The molecule has 0 bridgehead atoms. The smallest absolute Gasteiger partial charge is 0.407 e. The first-order valence-corrected chi connectivity index (χ1v) is 41.2. The van der Waals surface area contributed by atoms with E-state index in [2.05, 4.69) is 85.1 Å². The molecule has 42 heteroatoms. The number of nitrogens with two attached hydrogens (primary N) is 2. The minimum Gasteiger partial charge on any atom is -0.458 e. The third kappa shape index (κ3) is 32.0. The fourth-order valence-electron chi connectivity index (χ4n) is 13.6. The normalized spacial score (nSPS) is 15.9. The molecule has 0 fully saturated rings. The zero-order valence-corrected chi connectivity index (χ0v) is 69.8. The third-order valence-corrected chi connectivity index (χ3v) is 20.2. The molecule has 2 aliphatic heterocycles. The number of azide groups is 2. The molecule has 2 aromatic carbocycles. The number of hydrogen-bond acceptors (Lipinski definition) is 25. The number of nitrogens with one attached hydrogen (secondary N) is 10. The third-order valence-electron chi connectivity index (χ3n) is 20.2. The number of aryl methyl sites for hydroxylation is 1. The lowest BCUT2D eigenvalue weighted by Gasteiger charge is -2.31. The molecule has 4 aliphatic rings. The van der Waals surface area contributed by atoms with Crippen LogP contribution < -0.4 is 70.2 Å². The predicted molar refractivity (Wildman–Crippen MR) is 443 cm³/mol. The molecule has 2 aliphatic carbocycles. The van der Waals surface area contributed by atoms with Gasteiger partial charge in [0.05, 0.1) is 87.9 Å². The van der Waals surface area contributed by atoms with Crippen LogP contribution in [0.15, 0.2) is 51.4 Å². The molecule has 4 heterocycles. The molecule has 670 valence electrons. The van der Waals surface area contributed by atoms with E-state index in [1.165, 1.54) is 10.6 Å². The lowest BCUT2D eigenvalue weighted by molar-refractivity contribution is -0.172. The number of benzene rings is 2. The number of ether oxygens (including phenoxy) is 8. The fraction of sp³-hybridized carbons (Fsp3) is 0.593. The van der Waals surface area contributed by atoms with Gasteiger partial charge in [-0.05, 0) is 148 Å². The van der Waals surface area contributed by atoms with E-state index in [1.54, 1.807) is 58.0 Å². The Morgan fingerprint density at radius 2 is 1.41 bits per heavy atom. The maximum Gasteiger partial charge on any atom is 0.407 e. The van der Waals surface area contributed by atoms with Crippen molar-refractivity contribution in [2.24, 2.45) is 27.6 Å². The highest BCUT2D eigenvalue weighted by Crippen LogP contribution is 2.46. The molecule has 1 unspecified atom stereocenters. The monoisotopic (exact) mass is 1720 g/mol. The Bertz CT molecular complexity index is 4530. The molecule has 0 spiro atoms. The fourth-order valence-corrected chi connectivity index (χ4v) is 13.6. The number of nitrogens with zero attached hydrogens (tertiary/aromatic N) is 8. The number of carbonyl (C=O) groups excluding carboxylic acids is 11. The lowest BCUT2D eigenvalue weighted by Crippen LogP contribution is -2.54. The number of carbonyl (C=O) groups is 11. The molecule has 11 amide bonds. The van der Waals surface area contributed by atoms with Gasteiger partial charge in [0.25, 0.3) is 5.56 Å². The lowest BCUT2D eigenvalue weighted by atomic mass is 9.81. The molecule has 0 radical (unpaired) electrons. The Hall–Kier alpha value is -11.6. The highest BCUT2D eigenvalue weighted by molar-refractivity contribution is 5.99. The van der Waals surface area contributed by atoms with Crippen molar-refractivity contribution in [2.75, 3.05) is 124 Å². The summed E-state index contributed by atoms with van der Waals surface area (Å²) in [5, 5.41) is 45.2. The van der Waals surface area contributed by atoms with Crippen LogP contribution in [0.2, 0.25) is 0 Å². The first-order valence-electron chi connectivity index (χ1n) is 41.2. The summed E-state index contributed by atoms with van der Waals surface area (Å²) in [6.45, 7) is 8.64. The number of aliphatic hydroxyl groups is 1. The van der Waals surface area contributed by atoms with Crippen molar-refractivity contribution >= 4 is 81.9 Å². The molecule has 123 heavy (non-hydrogen) atoms. The van der Waals surface area contributed by atoms with Gasteiger partial charge >= 0.3 is 18.1 Å². The number of aromatic nitrogens is 2. The van der Waals surface area contributed by atoms with Gasteiger partial charge in [0.2, 0.25) is 47.3 Å². The average Bonchev–Trinajstić information content (AvgIpc) is 1.41. The van der Waals surface area contributed by atoms with Crippen LogP contribution in [0.4, 0.5) is 19.7 Å². The number of primary amides is 1. The van der Waals surface area contributed by atoms with Gasteiger partial charge in [-0.25, -0.2) is 23.8 Å². The molecule has 0 saturated carbocycles. The number of anilines is 1. The van der Waals surface area contributed by atoms with Gasteiger partial charge in [0, 0.05) is 90.1 Å². The number of cyclic esters (lactones) is 1. The molecule has 0 saturated heterocycles. The number of hydrogen-bond donors (Lipinski definition) is 13. The number of urea groups is 1. The molecule has 15 N–H and O–H groups in total. The van der Waals surface area contributed by atoms with Crippen molar-refractivity contribution in [2.45, 2.75) is 186 Å². The van der Waals surface area contributed by atoms with Gasteiger partial charge in [0.1, 0.15) is 69.7 Å². The van der Waals surface area contributed by atoms with Crippen molar-refractivity contribution in [3.8, 4) is 23.2 Å². The van der Waals surface area contributed by atoms with Gasteiger partial charge in [-0.3, -0.25) is 43.2 Å². The van der Waals surface area contributed by atoms with E-state index >= 15 is 4.39 Å². The maximum absolute atomic E-state index is 15.4. The number of unbranched alkanes of at least 4 members (excludes halogenated alkanes) is 1. The van der Waals surface area contributed by atoms with Crippen LogP contribution in [0.25, 0.3) is 43.2 Å². The minimum absolute atomic E-state index is 0.0294. The topological polar surface area (TPSA) is 587 Å². The molecule has 41 nitrogen and oxygen atoms in total. The second-order valence-corrected chi connectivity index (χ2v) is 29.4. The van der Waals surface area contributed by atoms with E-state index in [1.807, 2.05) is 0 Å². The standard InChI is InChI=1S/C69H90FN11O19.C12H23N9O2/c1-5-69(92)49-32-54-62-47(35-81(54)65(88)48(49)37-99-66(69)89)60-51(20-19-46-42(4)50(70)33-53(78-62)59(46)60)77-58(85)38-97-40-75-56(83)34-74-68(91)100-36-43-15-17-44(18-16-43)76-63(86)52(14-11-22-73-67(71)90)79-64(87)61(41(2)3)80-55(82)21-24-93-26-28-95-30-31-96-29-27-94-25-23-72-57(84)39-98-45-12-9-7-6-8-10-13-45;13-6-2-1-4-10(19-11(22)5-9-18-21-15)12(23)16-7-3-8-17-20-14/h15-18,32-33,41,45,51-52,61,92H,5-9,11-12,14,19-31,34-40H2,1-4H3,(H,72,84)(H,74,91)(H,75,83)(H,76,86)(H,77,85)(H,79,87)(H,80,82)(H3,71,73,90);10H,1-9,13H2,(H,16,23)(H,19,22)/t45?,51-,52-,61-,69-;10-/m00/s1. The second kappa shape index (κ2) is 52.6. The van der Waals surface area contributed by atoms with E-state index in [0.717, 1.165) is 44.1 Å². The van der Waals surface area contributed by atoms with Gasteiger partial charge in [0.15, 0.2) is 5.60 Å². The molecular weight excluding hydrogens is 1610 g/mol. The second-order valence-electron chi connectivity index (χ2n) is 29.4. The maximum atomic E-state index is 15.4. The highest BCUT2D eigenvalue weighted by Gasteiger charge is 2.46. The number of amides is 11. The minimum atomic E-state index is -2.06. The van der Waals surface area contributed by atoms with Crippen LogP contribution in [0.1, 0.15) is 162 Å². The quantitative estimate of drug-likeness (QED) is 0.00502. The summed E-state index contributed by atoms with van der Waals surface area (Å²) in [7, 11) is 0. The molecule has 2 aromatic heterocycles. The van der Waals surface area contributed by atoms with Crippen molar-refractivity contribution in [3.63, 3.8) is 0 Å². The largest absolute Gasteiger partial charge is 0.458 e. The molecule has 4 aromatic rings. The van der Waals surface area contributed by atoms with Crippen LogP contribution in [0.3, 0.4) is 0 Å². The van der Waals surface area contributed by atoms with Crippen LogP contribution in [0.5, 0.6) is 0 Å². The van der Waals surface area contributed by atoms with E-state index in [-0.39, 0.29) is 132 Å². The van der Waals surface area contributed by atoms with E-state index in [0.29, 0.717) is 142 Å². The van der Waals surface area contributed by atoms with Gasteiger partial charge < -0.3 is 112 Å². The number of fused-ring (bicyclic) bond motifs is 5. The van der Waals surface area contributed by atoms with Gasteiger partial charge in [-0.2, -0.15) is 0 Å². The van der Waals surface area contributed by atoms with Crippen molar-refractivity contribution in [1.82, 2.24) is 57.4 Å². The SMILES string of the molecule is CC[C@@]1(O)C(=O)OCc2c1cc1n(c2=O)Cc2c-1nc1cc(F)c(C)c3c1c2[C@@H](NC(=O)COCNC(=O)CNC(=O)OCc1ccc(NC(=O)[C@H](CCCNC(N)=O)NC(=O)[C@@H](NC(=O)CCOCCOCCOCCOCCNC(=O)COC2C#CCCCCC2)C(C)C)cc1)CC3.[N-]=[N+]=NCCCNC(=O)[C@H](CCCCN)NC(=O)CCN=[N+]=[N-]. The Kier molecular flexibility index (Phi) is 42.1. The van der Waals surface area contributed by atoms with Crippen molar-refractivity contribution < 1.29 is 100 Å². The van der Waals surface area contributed by atoms with E-state index < -0.39 is 109 Å². The first kappa shape index (κ1) is 98.5. The predicted octanol–water partition coefficient (Wildman–Crippen LogP) is 3.70. The van der Waals surface area contributed by atoms with Crippen LogP contribution in [-0.4, -0.2) is 223 Å². The number of alkyl carbamates (subject to hydrolysis) is 1. The van der Waals surface area contributed by atoms with Crippen LogP contribution in [0, 0.1) is 30.5 Å². The summed E-state index contributed by atoms with van der Waals surface area (Å²) in [5.74, 6) is 0.705. The average molecular weight is 1720 g/mol. The number of esters is 1. The van der Waals surface area contributed by atoms with E-state index in [9.17, 15) is 62.6 Å². The zero-order valence-electron chi connectivity index (χ0n) is 69.8. The number of pyridine rings is 2. The Labute approximate surface area is 709 Å². The summed E-state index contributed by atoms with van der Waals surface area (Å²) in [4.78, 5) is 163. The zero-order chi connectivity index (χ0) is 89.1. The molecule has 6 atom stereocenters. The van der Waals surface area contributed by atoms with Gasteiger partial charge in [-0.15, -0.1) is 5.92 Å². The summed E-state index contributed by atoms with van der Waals surface area (Å²) < 4.78 is 60.6. The highest BCUT2D eigenvalue weighted by atomic mass is 19.1.